The van der Waals surface area contributed by atoms with E-state index in [1.165, 1.54) is 0 Å². The van der Waals surface area contributed by atoms with Crippen molar-refractivity contribution in [2.24, 2.45) is 0 Å². The second kappa shape index (κ2) is 6.12. The number of aliphatic hydroxyl groups excluding tert-OH is 1. The van der Waals surface area contributed by atoms with Crippen molar-refractivity contribution in [3.8, 4) is 0 Å². The van der Waals surface area contributed by atoms with E-state index in [2.05, 4.69) is 4.90 Å². The first-order valence-corrected chi connectivity index (χ1v) is 6.50. The molecule has 1 aliphatic rings. The number of rotatable bonds is 5. The smallest absolute Gasteiger partial charge is 0.393 e. The zero-order chi connectivity index (χ0) is 12.2. The highest BCUT2D eigenvalue weighted by molar-refractivity contribution is 8.00. The molecule has 0 aromatic carbocycles. The van der Waals surface area contributed by atoms with Gasteiger partial charge in [-0.1, -0.05) is 0 Å². The molecule has 0 bridgehead atoms. The van der Waals surface area contributed by atoms with Gasteiger partial charge in [0.15, 0.2) is 0 Å². The van der Waals surface area contributed by atoms with E-state index in [0.29, 0.717) is 13.0 Å². The van der Waals surface area contributed by atoms with Gasteiger partial charge in [-0.05, 0) is 44.5 Å². The summed E-state index contributed by atoms with van der Waals surface area (Å²) >= 11 is 0.0372. The number of thioether (sulfide) groups is 1. The minimum absolute atomic E-state index is 0.0372. The third kappa shape index (κ3) is 5.41. The molecule has 1 aliphatic heterocycles. The van der Waals surface area contributed by atoms with E-state index in [1.54, 1.807) is 6.92 Å². The van der Waals surface area contributed by atoms with Crippen molar-refractivity contribution in [3.63, 3.8) is 0 Å². The highest BCUT2D eigenvalue weighted by atomic mass is 32.2. The van der Waals surface area contributed by atoms with Gasteiger partial charge >= 0.3 is 5.51 Å². The molecule has 0 radical (unpaired) electrons. The maximum atomic E-state index is 11.9. The first kappa shape index (κ1) is 14.1. The summed E-state index contributed by atoms with van der Waals surface area (Å²) in [6.07, 6.45) is 2.30. The Morgan fingerprint density at radius 1 is 1.50 bits per heavy atom. The number of halogens is 3. The van der Waals surface area contributed by atoms with Crippen molar-refractivity contribution >= 4 is 11.8 Å². The van der Waals surface area contributed by atoms with Gasteiger partial charge in [0.05, 0.1) is 6.10 Å². The van der Waals surface area contributed by atoms with E-state index >= 15 is 0 Å². The molecular weight excluding hydrogens is 239 g/mol. The van der Waals surface area contributed by atoms with Gasteiger partial charge in [0.1, 0.15) is 0 Å². The van der Waals surface area contributed by atoms with Crippen molar-refractivity contribution in [2.75, 3.05) is 18.8 Å². The van der Waals surface area contributed by atoms with Crippen LogP contribution >= 0.6 is 11.8 Å². The van der Waals surface area contributed by atoms with Gasteiger partial charge in [-0.15, -0.1) is 0 Å². The molecule has 0 aliphatic carbocycles. The number of likely N-dealkylation sites (tertiary alicyclic amines) is 1. The van der Waals surface area contributed by atoms with Crippen LogP contribution in [-0.4, -0.2) is 46.5 Å². The molecule has 0 spiro atoms. The molecule has 1 N–H and O–H groups in total. The van der Waals surface area contributed by atoms with Gasteiger partial charge in [-0.25, -0.2) is 0 Å². The molecule has 1 saturated heterocycles. The molecule has 2 unspecified atom stereocenters. The number of alkyl halides is 3. The van der Waals surface area contributed by atoms with Crippen LogP contribution in [0.1, 0.15) is 26.2 Å². The second-order valence-electron chi connectivity index (χ2n) is 4.21. The normalized spacial score (nSPS) is 24.9. The van der Waals surface area contributed by atoms with E-state index in [9.17, 15) is 18.3 Å². The van der Waals surface area contributed by atoms with E-state index in [4.69, 9.17) is 0 Å². The van der Waals surface area contributed by atoms with Gasteiger partial charge < -0.3 is 5.11 Å². The summed E-state index contributed by atoms with van der Waals surface area (Å²) in [5.41, 5.74) is -4.13. The fourth-order valence-corrected chi connectivity index (χ4v) is 2.69. The highest BCUT2D eigenvalue weighted by Crippen LogP contribution is 2.30. The summed E-state index contributed by atoms with van der Waals surface area (Å²) in [5.74, 6) is 0.0831. The number of hydrogen-bond donors (Lipinski definition) is 1. The lowest BCUT2D eigenvalue weighted by Gasteiger charge is -2.25. The van der Waals surface area contributed by atoms with Crippen LogP contribution in [0, 0.1) is 0 Å². The Hall–Kier alpha value is 0.0600. The van der Waals surface area contributed by atoms with Crippen LogP contribution in [0.25, 0.3) is 0 Å². The summed E-state index contributed by atoms with van der Waals surface area (Å²) < 4.78 is 35.8. The Morgan fingerprint density at radius 2 is 2.19 bits per heavy atom. The quantitative estimate of drug-likeness (QED) is 0.818. The van der Waals surface area contributed by atoms with Crippen LogP contribution in [0.3, 0.4) is 0 Å². The van der Waals surface area contributed by atoms with E-state index in [1.807, 2.05) is 0 Å². The zero-order valence-electron chi connectivity index (χ0n) is 9.33. The molecule has 96 valence electrons. The van der Waals surface area contributed by atoms with Gasteiger partial charge in [-0.2, -0.15) is 13.2 Å². The lowest BCUT2D eigenvalue weighted by atomic mass is 10.1. The third-order valence-corrected chi connectivity index (χ3v) is 3.47. The maximum Gasteiger partial charge on any atom is 0.441 e. The van der Waals surface area contributed by atoms with E-state index < -0.39 is 5.51 Å². The predicted molar refractivity (Wildman–Crippen MR) is 59.4 cm³/mol. The maximum absolute atomic E-state index is 11.9. The van der Waals surface area contributed by atoms with Crippen LogP contribution in [0.2, 0.25) is 0 Å². The third-order valence-electron chi connectivity index (χ3n) is 2.76. The van der Waals surface area contributed by atoms with Gasteiger partial charge in [-0.3, -0.25) is 4.90 Å². The van der Waals surface area contributed by atoms with Crippen molar-refractivity contribution in [3.05, 3.63) is 0 Å². The summed E-state index contributed by atoms with van der Waals surface area (Å²) in [7, 11) is 0. The van der Waals surface area contributed by atoms with Crippen molar-refractivity contribution in [1.82, 2.24) is 4.90 Å². The van der Waals surface area contributed by atoms with Crippen LogP contribution in [0.4, 0.5) is 13.2 Å². The predicted octanol–water partition coefficient (Wildman–Crippen LogP) is 2.47. The fraction of sp³-hybridized carbons (Fsp3) is 1.00. The molecule has 2 atom stereocenters. The minimum atomic E-state index is -4.13. The first-order chi connectivity index (χ1) is 7.38. The molecule has 0 saturated carbocycles. The molecule has 1 fully saturated rings. The molecule has 16 heavy (non-hydrogen) atoms. The SMILES string of the molecule is CC(O)CC1CCCN1CCSC(F)(F)F. The van der Waals surface area contributed by atoms with Crippen molar-refractivity contribution in [1.29, 1.82) is 0 Å². The van der Waals surface area contributed by atoms with E-state index in [-0.39, 0.29) is 29.7 Å². The Bertz CT molecular complexity index is 211. The number of hydrogen-bond acceptors (Lipinski definition) is 3. The highest BCUT2D eigenvalue weighted by Gasteiger charge is 2.30. The van der Waals surface area contributed by atoms with Crippen LogP contribution in [-0.2, 0) is 0 Å². The monoisotopic (exact) mass is 257 g/mol. The molecule has 6 heteroatoms. The van der Waals surface area contributed by atoms with Crippen molar-refractivity contribution in [2.45, 2.75) is 43.8 Å². The summed E-state index contributed by atoms with van der Waals surface area (Å²) in [6.45, 7) is 3.04. The zero-order valence-corrected chi connectivity index (χ0v) is 10.2. The lowest BCUT2D eigenvalue weighted by molar-refractivity contribution is -0.0329. The Morgan fingerprint density at radius 3 is 2.75 bits per heavy atom. The molecule has 1 rings (SSSR count). The summed E-state index contributed by atoms with van der Waals surface area (Å²) in [5, 5.41) is 9.27. The van der Waals surface area contributed by atoms with Crippen molar-refractivity contribution < 1.29 is 18.3 Å². The Labute approximate surface area is 98.2 Å². The van der Waals surface area contributed by atoms with E-state index in [0.717, 1.165) is 19.4 Å². The first-order valence-electron chi connectivity index (χ1n) is 5.51. The van der Waals surface area contributed by atoms with Gasteiger partial charge in [0, 0.05) is 18.3 Å². The largest absolute Gasteiger partial charge is 0.441 e. The Balaban J connectivity index is 2.25. The molecule has 0 amide bonds. The number of aliphatic hydroxyl groups is 1. The minimum Gasteiger partial charge on any atom is -0.393 e. The lowest BCUT2D eigenvalue weighted by Crippen LogP contribution is -2.34. The summed E-state index contributed by atoms with van der Waals surface area (Å²) in [4.78, 5) is 2.06. The number of nitrogens with zero attached hydrogens (tertiary/aromatic N) is 1. The topological polar surface area (TPSA) is 23.5 Å². The molecule has 0 aromatic rings. The molecule has 0 aromatic heterocycles. The summed E-state index contributed by atoms with van der Waals surface area (Å²) in [6, 6.07) is 0.258. The van der Waals surface area contributed by atoms with Crippen LogP contribution in [0.15, 0.2) is 0 Å². The molecule has 2 nitrogen and oxygen atoms in total. The standard InChI is InChI=1S/C10H18F3NOS/c1-8(15)7-9-3-2-4-14(9)5-6-16-10(11,12)13/h8-9,15H,2-7H2,1H3. The van der Waals surface area contributed by atoms with Crippen LogP contribution < -0.4 is 0 Å². The Kier molecular flexibility index (Phi) is 5.40. The van der Waals surface area contributed by atoms with Crippen LogP contribution in [0.5, 0.6) is 0 Å². The van der Waals surface area contributed by atoms with Gasteiger partial charge in [0.2, 0.25) is 0 Å². The average Bonchev–Trinajstić information content (AvgIpc) is 2.49. The average molecular weight is 257 g/mol. The van der Waals surface area contributed by atoms with Gasteiger partial charge in [0.25, 0.3) is 0 Å². The fourth-order valence-electron chi connectivity index (χ4n) is 2.13. The molecular formula is C10H18F3NOS. The molecule has 1 heterocycles. The second-order valence-corrected chi connectivity index (χ2v) is 5.37.